The van der Waals surface area contributed by atoms with Gasteiger partial charge >= 0.3 is 12.1 Å². The zero-order valence-electron chi connectivity index (χ0n) is 9.37. The highest BCUT2D eigenvalue weighted by molar-refractivity contribution is 5.76. The van der Waals surface area contributed by atoms with Crippen LogP contribution < -0.4 is 5.73 Å². The van der Waals surface area contributed by atoms with Gasteiger partial charge in [-0.05, 0) is 17.7 Å². The van der Waals surface area contributed by atoms with Crippen molar-refractivity contribution >= 4 is 5.97 Å². The molecule has 1 aromatic rings. The molecule has 0 aliphatic rings. The van der Waals surface area contributed by atoms with Crippen molar-refractivity contribution in [2.24, 2.45) is 5.73 Å². The molecule has 0 saturated heterocycles. The van der Waals surface area contributed by atoms with Crippen LogP contribution in [0.1, 0.15) is 17.3 Å². The van der Waals surface area contributed by atoms with Crippen molar-refractivity contribution in [3.63, 3.8) is 0 Å². The molecule has 0 aliphatic heterocycles. The average molecular weight is 265 g/mol. The summed E-state index contributed by atoms with van der Waals surface area (Å²) in [6, 6.07) is 1.95. The van der Waals surface area contributed by atoms with Crippen molar-refractivity contribution in [1.82, 2.24) is 0 Å². The Kier molecular flexibility index (Phi) is 4.28. The minimum Gasteiger partial charge on any atom is -0.468 e. The molecule has 2 N–H and O–H groups in total. The summed E-state index contributed by atoms with van der Waals surface area (Å²) in [6.07, 6.45) is -6.63. The number of alkyl halides is 4. The van der Waals surface area contributed by atoms with Crippen LogP contribution >= 0.6 is 0 Å². The van der Waals surface area contributed by atoms with Gasteiger partial charge in [0.25, 0.3) is 0 Å². The lowest BCUT2D eigenvalue weighted by molar-refractivity contribution is -0.143. The summed E-state index contributed by atoms with van der Waals surface area (Å²) in [6.45, 7) is 0. The van der Waals surface area contributed by atoms with Crippen molar-refractivity contribution < 1.29 is 27.1 Å². The second-order valence-electron chi connectivity index (χ2n) is 3.57. The van der Waals surface area contributed by atoms with E-state index < -0.39 is 29.9 Å². The predicted octanol–water partition coefficient (Wildman–Crippen LogP) is 2.22. The summed E-state index contributed by atoms with van der Waals surface area (Å²) in [5, 5.41) is 0. The standard InChI is InChI=1S/C11H11F4NO2/c1-18-10(17)9(16)8(12)6-3-2-4-7(5-6)11(13,14)15/h2-5,8-9H,16H2,1H3. The molecule has 0 amide bonds. The number of benzene rings is 1. The number of carbonyl (C=O) groups is 1. The summed E-state index contributed by atoms with van der Waals surface area (Å²) in [5.74, 6) is -1.03. The van der Waals surface area contributed by atoms with Gasteiger partial charge in [-0.3, -0.25) is 4.79 Å². The predicted molar refractivity (Wildman–Crippen MR) is 55.3 cm³/mol. The Morgan fingerprint density at radius 1 is 1.39 bits per heavy atom. The van der Waals surface area contributed by atoms with Gasteiger partial charge in [0.15, 0.2) is 6.17 Å². The Morgan fingerprint density at radius 2 is 2.00 bits per heavy atom. The first-order valence-corrected chi connectivity index (χ1v) is 4.92. The van der Waals surface area contributed by atoms with E-state index in [0.717, 1.165) is 25.3 Å². The maximum atomic E-state index is 13.7. The minimum absolute atomic E-state index is 0.317. The third-order valence-electron chi connectivity index (χ3n) is 2.32. The van der Waals surface area contributed by atoms with Gasteiger partial charge < -0.3 is 10.5 Å². The highest BCUT2D eigenvalue weighted by atomic mass is 19.4. The summed E-state index contributed by atoms with van der Waals surface area (Å²) >= 11 is 0. The maximum Gasteiger partial charge on any atom is 0.416 e. The monoisotopic (exact) mass is 265 g/mol. The van der Waals surface area contributed by atoms with Gasteiger partial charge in [0.2, 0.25) is 0 Å². The van der Waals surface area contributed by atoms with Crippen LogP contribution in [0, 0.1) is 0 Å². The van der Waals surface area contributed by atoms with E-state index in [1.54, 1.807) is 0 Å². The number of rotatable bonds is 3. The topological polar surface area (TPSA) is 52.3 Å². The molecule has 1 aromatic carbocycles. The molecule has 2 unspecified atom stereocenters. The number of ether oxygens (including phenoxy) is 1. The third-order valence-corrected chi connectivity index (χ3v) is 2.32. The number of esters is 1. The molecule has 0 aromatic heterocycles. The van der Waals surface area contributed by atoms with E-state index in [9.17, 15) is 22.4 Å². The molecule has 0 heterocycles. The Balaban J connectivity index is 3.00. The average Bonchev–Trinajstić information content (AvgIpc) is 2.35. The van der Waals surface area contributed by atoms with Crippen molar-refractivity contribution in [2.75, 3.05) is 7.11 Å². The number of methoxy groups -OCH3 is 1. The fourth-order valence-electron chi connectivity index (χ4n) is 1.35. The van der Waals surface area contributed by atoms with Crippen molar-refractivity contribution in [2.45, 2.75) is 18.4 Å². The summed E-state index contributed by atoms with van der Waals surface area (Å²) < 4.78 is 55.2. The fourth-order valence-corrected chi connectivity index (χ4v) is 1.35. The number of hydrogen-bond donors (Lipinski definition) is 1. The van der Waals surface area contributed by atoms with E-state index in [-0.39, 0.29) is 5.56 Å². The van der Waals surface area contributed by atoms with Crippen LogP contribution in [0.2, 0.25) is 0 Å². The smallest absolute Gasteiger partial charge is 0.416 e. The lowest BCUT2D eigenvalue weighted by atomic mass is 10.0. The lowest BCUT2D eigenvalue weighted by Gasteiger charge is -2.16. The molecule has 18 heavy (non-hydrogen) atoms. The van der Waals surface area contributed by atoms with E-state index in [1.807, 2.05) is 0 Å². The van der Waals surface area contributed by atoms with E-state index in [2.05, 4.69) is 4.74 Å². The van der Waals surface area contributed by atoms with Crippen LogP contribution in [0.4, 0.5) is 17.6 Å². The number of nitrogens with two attached hydrogens (primary N) is 1. The second kappa shape index (κ2) is 5.34. The molecule has 0 fully saturated rings. The number of halogens is 4. The van der Waals surface area contributed by atoms with Crippen LogP contribution in [0.3, 0.4) is 0 Å². The zero-order valence-corrected chi connectivity index (χ0v) is 9.37. The largest absolute Gasteiger partial charge is 0.468 e. The highest BCUT2D eigenvalue weighted by Gasteiger charge is 2.33. The first-order chi connectivity index (χ1) is 8.27. The lowest BCUT2D eigenvalue weighted by Crippen LogP contribution is -2.36. The Bertz CT molecular complexity index is 433. The van der Waals surface area contributed by atoms with Gasteiger partial charge in [-0.2, -0.15) is 13.2 Å². The van der Waals surface area contributed by atoms with E-state index in [0.29, 0.717) is 6.07 Å². The fraction of sp³-hybridized carbons (Fsp3) is 0.364. The van der Waals surface area contributed by atoms with Crippen LogP contribution in [0.5, 0.6) is 0 Å². The molecule has 0 spiro atoms. The molecule has 0 saturated carbocycles. The Morgan fingerprint density at radius 3 is 2.50 bits per heavy atom. The van der Waals surface area contributed by atoms with E-state index in [1.165, 1.54) is 0 Å². The number of carbonyl (C=O) groups excluding carboxylic acids is 1. The minimum atomic E-state index is -4.58. The molecule has 0 bridgehead atoms. The first-order valence-electron chi connectivity index (χ1n) is 4.92. The molecule has 3 nitrogen and oxygen atoms in total. The van der Waals surface area contributed by atoms with Crippen LogP contribution in [-0.4, -0.2) is 19.1 Å². The highest BCUT2D eigenvalue weighted by Crippen LogP contribution is 2.32. The molecule has 100 valence electrons. The molecule has 1 rings (SSSR count). The number of hydrogen-bond acceptors (Lipinski definition) is 3. The quantitative estimate of drug-likeness (QED) is 0.673. The van der Waals surface area contributed by atoms with Gasteiger partial charge in [-0.15, -0.1) is 0 Å². The normalized spacial score (nSPS) is 15.0. The first kappa shape index (κ1) is 14.4. The molecule has 7 heteroatoms. The van der Waals surface area contributed by atoms with Crippen molar-refractivity contribution in [3.8, 4) is 0 Å². The van der Waals surface area contributed by atoms with Gasteiger partial charge in [0.1, 0.15) is 6.04 Å². The molecular weight excluding hydrogens is 254 g/mol. The summed E-state index contributed by atoms with van der Waals surface area (Å²) in [7, 11) is 1.01. The molecular formula is C11H11F4NO2. The third kappa shape index (κ3) is 3.19. The van der Waals surface area contributed by atoms with Gasteiger partial charge in [0.05, 0.1) is 12.7 Å². The van der Waals surface area contributed by atoms with Crippen LogP contribution in [-0.2, 0) is 15.7 Å². The molecule has 0 aliphatic carbocycles. The summed E-state index contributed by atoms with van der Waals surface area (Å²) in [5.41, 5.74) is 3.91. The maximum absolute atomic E-state index is 13.7. The molecule has 2 atom stereocenters. The van der Waals surface area contributed by atoms with Gasteiger partial charge in [0, 0.05) is 0 Å². The van der Waals surface area contributed by atoms with Gasteiger partial charge in [-0.1, -0.05) is 12.1 Å². The second-order valence-corrected chi connectivity index (χ2v) is 3.57. The van der Waals surface area contributed by atoms with Crippen molar-refractivity contribution in [1.29, 1.82) is 0 Å². The van der Waals surface area contributed by atoms with E-state index >= 15 is 0 Å². The van der Waals surface area contributed by atoms with Gasteiger partial charge in [-0.25, -0.2) is 4.39 Å². The van der Waals surface area contributed by atoms with Crippen LogP contribution in [0.15, 0.2) is 24.3 Å². The van der Waals surface area contributed by atoms with Crippen molar-refractivity contribution in [3.05, 3.63) is 35.4 Å². The SMILES string of the molecule is COC(=O)C(N)C(F)c1cccc(C(F)(F)F)c1. The Labute approximate surface area is 101 Å². The zero-order chi connectivity index (χ0) is 13.9. The Hall–Kier alpha value is -1.63. The summed E-state index contributed by atoms with van der Waals surface area (Å²) in [4.78, 5) is 11.0. The van der Waals surface area contributed by atoms with Crippen LogP contribution in [0.25, 0.3) is 0 Å². The molecule has 0 radical (unpaired) electrons. The van der Waals surface area contributed by atoms with E-state index in [4.69, 9.17) is 5.73 Å².